The summed E-state index contributed by atoms with van der Waals surface area (Å²) < 4.78 is 13.7. The van der Waals surface area contributed by atoms with Gasteiger partial charge in [0.2, 0.25) is 5.95 Å². The minimum atomic E-state index is -0.288. The van der Waals surface area contributed by atoms with Gasteiger partial charge in [-0.1, -0.05) is 12.1 Å². The Balaban J connectivity index is 2.40. The molecule has 1 aromatic carbocycles. The van der Waals surface area contributed by atoms with Gasteiger partial charge in [0.25, 0.3) is 0 Å². The number of anilines is 1. The number of aromatic nitrogens is 2. The number of aryl methyl sites for hydroxylation is 1. The summed E-state index contributed by atoms with van der Waals surface area (Å²) in [6, 6.07) is 6.57. The molecule has 2 rings (SSSR count). The number of hydrogen-bond donors (Lipinski definition) is 2. The van der Waals surface area contributed by atoms with E-state index in [4.69, 9.17) is 5.73 Å². The second kappa shape index (κ2) is 5.55. The molecule has 0 radical (unpaired) electrons. The van der Waals surface area contributed by atoms with Gasteiger partial charge in [-0.15, -0.1) is 0 Å². The monoisotopic (exact) mass is 246 g/mol. The molecule has 0 saturated heterocycles. The third-order valence-corrected chi connectivity index (χ3v) is 2.53. The molecule has 0 fully saturated rings. The molecule has 3 N–H and O–H groups in total. The molecule has 0 saturated carbocycles. The van der Waals surface area contributed by atoms with Crippen LogP contribution in [0.5, 0.6) is 0 Å². The first-order valence-corrected chi connectivity index (χ1v) is 5.75. The first-order valence-electron chi connectivity index (χ1n) is 5.75. The predicted molar refractivity (Wildman–Crippen MR) is 69.7 cm³/mol. The van der Waals surface area contributed by atoms with Crippen LogP contribution in [0.3, 0.4) is 0 Å². The van der Waals surface area contributed by atoms with Crippen molar-refractivity contribution >= 4 is 5.95 Å². The minimum absolute atomic E-state index is 0.288. The lowest BCUT2D eigenvalue weighted by Crippen LogP contribution is -2.15. The van der Waals surface area contributed by atoms with Crippen molar-refractivity contribution in [1.82, 2.24) is 9.97 Å². The Labute approximate surface area is 105 Å². The molecular weight excluding hydrogens is 231 g/mol. The predicted octanol–water partition coefficient (Wildman–Crippen LogP) is 1.96. The zero-order chi connectivity index (χ0) is 13.0. The molecule has 94 valence electrons. The summed E-state index contributed by atoms with van der Waals surface area (Å²) >= 11 is 0. The zero-order valence-corrected chi connectivity index (χ0v) is 10.2. The topological polar surface area (TPSA) is 63.8 Å². The highest BCUT2D eigenvalue weighted by molar-refractivity contribution is 5.64. The molecule has 0 aliphatic rings. The van der Waals surface area contributed by atoms with E-state index in [1.54, 1.807) is 24.4 Å². The number of benzene rings is 1. The molecular formula is C13H15FN4. The molecule has 0 aliphatic carbocycles. The molecule has 18 heavy (non-hydrogen) atoms. The number of rotatable bonds is 4. The van der Waals surface area contributed by atoms with Crippen LogP contribution in [0.2, 0.25) is 0 Å². The van der Waals surface area contributed by atoms with Gasteiger partial charge < -0.3 is 11.1 Å². The third-order valence-electron chi connectivity index (χ3n) is 2.53. The van der Waals surface area contributed by atoms with Crippen molar-refractivity contribution in [1.29, 1.82) is 0 Å². The van der Waals surface area contributed by atoms with Gasteiger partial charge >= 0.3 is 0 Å². The van der Waals surface area contributed by atoms with E-state index in [1.165, 1.54) is 6.07 Å². The number of halogens is 1. The van der Waals surface area contributed by atoms with Crippen molar-refractivity contribution in [2.75, 3.05) is 18.4 Å². The van der Waals surface area contributed by atoms with Crippen LogP contribution in [0.25, 0.3) is 11.3 Å². The van der Waals surface area contributed by atoms with Gasteiger partial charge in [0.1, 0.15) is 5.82 Å². The average Bonchev–Trinajstić information content (AvgIpc) is 2.39. The maximum absolute atomic E-state index is 13.7. The lowest BCUT2D eigenvalue weighted by molar-refractivity contribution is 0.630. The minimum Gasteiger partial charge on any atom is -0.353 e. The Kier molecular flexibility index (Phi) is 3.84. The second-order valence-corrected chi connectivity index (χ2v) is 3.92. The lowest BCUT2D eigenvalue weighted by Gasteiger charge is -2.09. The average molecular weight is 246 g/mol. The van der Waals surface area contributed by atoms with Crippen LogP contribution >= 0.6 is 0 Å². The van der Waals surface area contributed by atoms with E-state index in [2.05, 4.69) is 15.3 Å². The van der Waals surface area contributed by atoms with E-state index in [9.17, 15) is 4.39 Å². The van der Waals surface area contributed by atoms with E-state index in [0.717, 1.165) is 5.56 Å². The highest BCUT2D eigenvalue weighted by Crippen LogP contribution is 2.24. The molecule has 0 atom stereocenters. The molecule has 5 heteroatoms. The summed E-state index contributed by atoms with van der Waals surface area (Å²) in [5.41, 5.74) is 7.31. The standard InChI is InChI=1S/C13H15FN4/c1-9-8-17-13(16-7-6-15)18-12(9)10-4-2-3-5-11(10)14/h2-5,8H,6-7,15H2,1H3,(H,16,17,18). The Morgan fingerprint density at radius 1 is 1.33 bits per heavy atom. The van der Waals surface area contributed by atoms with Gasteiger partial charge in [-0.05, 0) is 24.6 Å². The van der Waals surface area contributed by atoms with Crippen molar-refractivity contribution in [2.45, 2.75) is 6.92 Å². The maximum Gasteiger partial charge on any atom is 0.223 e. The Morgan fingerprint density at radius 3 is 2.83 bits per heavy atom. The van der Waals surface area contributed by atoms with Gasteiger partial charge in [-0.25, -0.2) is 14.4 Å². The number of hydrogen-bond acceptors (Lipinski definition) is 4. The molecule has 0 spiro atoms. The highest BCUT2D eigenvalue weighted by Gasteiger charge is 2.10. The van der Waals surface area contributed by atoms with Crippen LogP contribution in [0, 0.1) is 12.7 Å². The van der Waals surface area contributed by atoms with E-state index in [0.29, 0.717) is 30.3 Å². The quantitative estimate of drug-likeness (QED) is 0.865. The zero-order valence-electron chi connectivity index (χ0n) is 10.2. The summed E-state index contributed by atoms with van der Waals surface area (Å²) in [4.78, 5) is 8.45. The summed E-state index contributed by atoms with van der Waals surface area (Å²) in [5.74, 6) is 0.174. The normalized spacial score (nSPS) is 10.4. The second-order valence-electron chi connectivity index (χ2n) is 3.92. The van der Waals surface area contributed by atoms with Gasteiger partial charge in [0.15, 0.2) is 0 Å². The summed E-state index contributed by atoms with van der Waals surface area (Å²) in [7, 11) is 0. The van der Waals surface area contributed by atoms with Crippen LogP contribution in [0.1, 0.15) is 5.56 Å². The largest absolute Gasteiger partial charge is 0.353 e. The molecule has 0 bridgehead atoms. The molecule has 0 aliphatic heterocycles. The molecule has 1 aromatic heterocycles. The first-order chi connectivity index (χ1) is 8.72. The molecule has 1 heterocycles. The van der Waals surface area contributed by atoms with E-state index < -0.39 is 0 Å². The fourth-order valence-electron chi connectivity index (χ4n) is 1.64. The van der Waals surface area contributed by atoms with E-state index in [-0.39, 0.29) is 5.82 Å². The lowest BCUT2D eigenvalue weighted by atomic mass is 10.1. The fourth-order valence-corrected chi connectivity index (χ4v) is 1.64. The molecule has 0 unspecified atom stereocenters. The highest BCUT2D eigenvalue weighted by atomic mass is 19.1. The Hall–Kier alpha value is -2.01. The van der Waals surface area contributed by atoms with Crippen LogP contribution < -0.4 is 11.1 Å². The molecule has 0 amide bonds. The smallest absolute Gasteiger partial charge is 0.223 e. The molecule has 2 aromatic rings. The van der Waals surface area contributed by atoms with E-state index in [1.807, 2.05) is 6.92 Å². The van der Waals surface area contributed by atoms with Crippen LogP contribution in [0.4, 0.5) is 10.3 Å². The number of nitrogens with one attached hydrogen (secondary N) is 1. The fraction of sp³-hybridized carbons (Fsp3) is 0.231. The van der Waals surface area contributed by atoms with Crippen molar-refractivity contribution in [3.8, 4) is 11.3 Å². The number of nitrogens with two attached hydrogens (primary N) is 1. The van der Waals surface area contributed by atoms with Crippen molar-refractivity contribution in [3.05, 3.63) is 41.8 Å². The number of nitrogens with zero attached hydrogens (tertiary/aromatic N) is 2. The Morgan fingerprint density at radius 2 is 2.11 bits per heavy atom. The van der Waals surface area contributed by atoms with Crippen molar-refractivity contribution < 1.29 is 4.39 Å². The van der Waals surface area contributed by atoms with Crippen LogP contribution in [-0.2, 0) is 0 Å². The maximum atomic E-state index is 13.7. The van der Waals surface area contributed by atoms with Gasteiger partial charge in [0.05, 0.1) is 5.69 Å². The van der Waals surface area contributed by atoms with Crippen molar-refractivity contribution in [3.63, 3.8) is 0 Å². The van der Waals surface area contributed by atoms with Gasteiger partial charge in [-0.2, -0.15) is 0 Å². The summed E-state index contributed by atoms with van der Waals surface area (Å²) in [6.45, 7) is 2.93. The first kappa shape index (κ1) is 12.4. The SMILES string of the molecule is Cc1cnc(NCCN)nc1-c1ccccc1F. The molecule has 4 nitrogen and oxygen atoms in total. The van der Waals surface area contributed by atoms with Crippen LogP contribution in [0.15, 0.2) is 30.5 Å². The van der Waals surface area contributed by atoms with Crippen molar-refractivity contribution in [2.24, 2.45) is 5.73 Å². The Bertz CT molecular complexity index is 542. The van der Waals surface area contributed by atoms with E-state index >= 15 is 0 Å². The summed E-state index contributed by atoms with van der Waals surface area (Å²) in [6.07, 6.45) is 1.67. The van der Waals surface area contributed by atoms with Gasteiger partial charge in [0, 0.05) is 24.8 Å². The summed E-state index contributed by atoms with van der Waals surface area (Å²) in [5, 5.41) is 2.98. The third kappa shape index (κ3) is 2.62. The van der Waals surface area contributed by atoms with Crippen LogP contribution in [-0.4, -0.2) is 23.1 Å². The van der Waals surface area contributed by atoms with Gasteiger partial charge in [-0.3, -0.25) is 0 Å².